The second-order valence-corrected chi connectivity index (χ2v) is 8.64. The molecule has 0 spiro atoms. The number of para-hydroxylation sites is 1. The van der Waals surface area contributed by atoms with Gasteiger partial charge in [-0.2, -0.15) is 0 Å². The summed E-state index contributed by atoms with van der Waals surface area (Å²) in [4.78, 5) is 12.3. The van der Waals surface area contributed by atoms with Crippen LogP contribution >= 0.6 is 0 Å². The first kappa shape index (κ1) is 21.2. The Morgan fingerprint density at radius 2 is 1.82 bits per heavy atom. The van der Waals surface area contributed by atoms with Crippen LogP contribution in [0.3, 0.4) is 0 Å². The lowest BCUT2D eigenvalue weighted by Gasteiger charge is -2.11. The predicted octanol–water partition coefficient (Wildman–Crippen LogP) is 2.13. The van der Waals surface area contributed by atoms with Crippen molar-refractivity contribution in [3.63, 3.8) is 0 Å². The van der Waals surface area contributed by atoms with E-state index in [1.165, 1.54) is 0 Å². The zero-order valence-corrected chi connectivity index (χ0v) is 18.2. The minimum atomic E-state index is 0.121. The number of nitrogens with one attached hydrogen (secondary N) is 2. The maximum atomic E-state index is 12.3. The molecule has 8 heteroatoms. The van der Waals surface area contributed by atoms with Gasteiger partial charge in [0.15, 0.2) is 11.6 Å². The number of benzene rings is 2. The third kappa shape index (κ3) is 4.61. The molecule has 3 aromatic rings. The molecule has 1 aliphatic carbocycles. The largest absolute Gasteiger partial charge is 0.507 e. The summed E-state index contributed by atoms with van der Waals surface area (Å²) in [6.07, 6.45) is 0.693. The Balaban J connectivity index is 1.12. The summed E-state index contributed by atoms with van der Waals surface area (Å²) in [5.41, 5.74) is 9.18. The maximum Gasteiger partial charge on any atom is 0.224 e. The topological polar surface area (TPSA) is 122 Å². The molecule has 2 aromatic carbocycles. The molecule has 5 N–H and O–H groups in total. The number of anilines is 1. The Morgan fingerprint density at radius 1 is 1.09 bits per heavy atom. The molecule has 1 unspecified atom stereocenters. The van der Waals surface area contributed by atoms with Crippen LogP contribution in [0.15, 0.2) is 54.6 Å². The van der Waals surface area contributed by atoms with Crippen LogP contribution in [0.4, 0.5) is 5.82 Å². The van der Waals surface area contributed by atoms with Crippen molar-refractivity contribution in [1.29, 1.82) is 0 Å². The molecule has 2 fully saturated rings. The molecular weight excluding hydrogens is 418 g/mol. The van der Waals surface area contributed by atoms with Crippen molar-refractivity contribution in [2.75, 3.05) is 25.4 Å². The first-order chi connectivity index (χ1) is 16.1. The number of nitrogens with two attached hydrogens (primary N) is 1. The standard InChI is InChI=1S/C25H27N5O3/c26-24-22(11-20(29-30-24)17-3-1-2-4-21(17)31)33-10-9-15-5-7-16(8-6-15)12-28-25(32)23-18-13-27-14-19(18)23/h1-8,11,18-19,23,27,31H,9-10,12-14H2,(H2,26,30)(H,28,32)/t18-,19+,23?. The quantitative estimate of drug-likeness (QED) is 0.419. The number of nitrogen functional groups attached to an aromatic ring is 1. The highest BCUT2D eigenvalue weighted by Crippen LogP contribution is 2.48. The number of carbonyl (C=O) groups is 1. The Hall–Kier alpha value is -3.65. The molecule has 1 saturated carbocycles. The van der Waals surface area contributed by atoms with E-state index in [2.05, 4.69) is 20.8 Å². The highest BCUT2D eigenvalue weighted by molar-refractivity contribution is 5.82. The monoisotopic (exact) mass is 445 g/mol. The Labute approximate surface area is 192 Å². The van der Waals surface area contributed by atoms with Gasteiger partial charge in [-0.1, -0.05) is 36.4 Å². The summed E-state index contributed by atoms with van der Waals surface area (Å²) in [7, 11) is 0. The summed E-state index contributed by atoms with van der Waals surface area (Å²) < 4.78 is 5.85. The number of hydrogen-bond donors (Lipinski definition) is 4. The lowest BCUT2D eigenvalue weighted by molar-refractivity contribution is -0.123. The van der Waals surface area contributed by atoms with Crippen LogP contribution in [-0.4, -0.2) is 40.9 Å². The van der Waals surface area contributed by atoms with Gasteiger partial charge >= 0.3 is 0 Å². The third-order valence-electron chi connectivity index (χ3n) is 6.50. The minimum absolute atomic E-state index is 0.121. The second-order valence-electron chi connectivity index (χ2n) is 8.64. The maximum absolute atomic E-state index is 12.3. The van der Waals surface area contributed by atoms with Gasteiger partial charge < -0.3 is 26.2 Å². The van der Waals surface area contributed by atoms with E-state index in [0.29, 0.717) is 48.4 Å². The molecule has 5 rings (SSSR count). The van der Waals surface area contributed by atoms with E-state index < -0.39 is 0 Å². The van der Waals surface area contributed by atoms with Crippen LogP contribution in [0.25, 0.3) is 11.3 Å². The van der Waals surface area contributed by atoms with Gasteiger partial charge in [0.2, 0.25) is 5.91 Å². The average molecular weight is 446 g/mol. The Bertz CT molecular complexity index is 1140. The number of aromatic hydroxyl groups is 1. The van der Waals surface area contributed by atoms with E-state index in [1.807, 2.05) is 30.3 Å². The smallest absolute Gasteiger partial charge is 0.224 e. The lowest BCUT2D eigenvalue weighted by Crippen LogP contribution is -2.29. The van der Waals surface area contributed by atoms with Crippen molar-refractivity contribution < 1.29 is 14.6 Å². The van der Waals surface area contributed by atoms with E-state index in [0.717, 1.165) is 24.2 Å². The number of phenols is 1. The highest BCUT2D eigenvalue weighted by atomic mass is 16.5. The first-order valence-electron chi connectivity index (χ1n) is 11.2. The molecule has 33 heavy (non-hydrogen) atoms. The Kier molecular flexibility index (Phi) is 5.83. The number of carbonyl (C=O) groups excluding carboxylic acids is 1. The van der Waals surface area contributed by atoms with Crippen molar-refractivity contribution in [3.05, 3.63) is 65.7 Å². The molecule has 3 atom stereocenters. The van der Waals surface area contributed by atoms with Crippen LogP contribution in [0.2, 0.25) is 0 Å². The SMILES string of the molecule is Nc1nnc(-c2ccccc2O)cc1OCCc1ccc(CNC(=O)C2[C@H]3CNC[C@@H]23)cc1. The van der Waals surface area contributed by atoms with Crippen LogP contribution in [-0.2, 0) is 17.8 Å². The van der Waals surface area contributed by atoms with Gasteiger partial charge in [0.1, 0.15) is 11.4 Å². The van der Waals surface area contributed by atoms with Crippen molar-refractivity contribution >= 4 is 11.7 Å². The summed E-state index contributed by atoms with van der Waals surface area (Å²) >= 11 is 0. The zero-order valence-electron chi connectivity index (χ0n) is 18.2. The van der Waals surface area contributed by atoms with Crippen molar-refractivity contribution in [1.82, 2.24) is 20.8 Å². The predicted molar refractivity (Wildman–Crippen MR) is 124 cm³/mol. The van der Waals surface area contributed by atoms with Crippen LogP contribution < -0.4 is 21.1 Å². The molecule has 1 amide bonds. The number of hydrogen-bond acceptors (Lipinski definition) is 7. The van der Waals surface area contributed by atoms with Crippen LogP contribution in [0.1, 0.15) is 11.1 Å². The number of amides is 1. The van der Waals surface area contributed by atoms with Gasteiger partial charge in [-0.25, -0.2) is 0 Å². The molecule has 2 heterocycles. The van der Waals surface area contributed by atoms with Gasteiger partial charge in [0.05, 0.1) is 6.61 Å². The van der Waals surface area contributed by atoms with Gasteiger partial charge in [0, 0.05) is 30.5 Å². The van der Waals surface area contributed by atoms with E-state index in [9.17, 15) is 9.90 Å². The van der Waals surface area contributed by atoms with Crippen LogP contribution in [0.5, 0.6) is 11.5 Å². The summed E-state index contributed by atoms with van der Waals surface area (Å²) in [6, 6.07) is 16.8. The van der Waals surface area contributed by atoms with E-state index in [-0.39, 0.29) is 23.4 Å². The van der Waals surface area contributed by atoms with E-state index in [4.69, 9.17) is 10.5 Å². The fourth-order valence-electron chi connectivity index (χ4n) is 4.54. The summed E-state index contributed by atoms with van der Waals surface area (Å²) in [6.45, 7) is 2.91. The molecule has 8 nitrogen and oxygen atoms in total. The van der Waals surface area contributed by atoms with Crippen molar-refractivity contribution in [2.24, 2.45) is 17.8 Å². The second kappa shape index (κ2) is 9.07. The van der Waals surface area contributed by atoms with Crippen molar-refractivity contribution in [3.8, 4) is 22.8 Å². The molecule has 0 radical (unpaired) electrons. The third-order valence-corrected chi connectivity index (χ3v) is 6.50. The fraction of sp³-hybridized carbons (Fsp3) is 0.320. The molecule has 1 aliphatic heterocycles. The Morgan fingerprint density at radius 3 is 2.58 bits per heavy atom. The molecule has 2 aliphatic rings. The number of fused-ring (bicyclic) bond motifs is 1. The van der Waals surface area contributed by atoms with Gasteiger partial charge in [-0.15, -0.1) is 10.2 Å². The number of ether oxygens (including phenoxy) is 1. The summed E-state index contributed by atoms with van der Waals surface area (Å²) in [5.74, 6) is 2.20. The molecule has 1 aromatic heterocycles. The van der Waals surface area contributed by atoms with E-state index in [1.54, 1.807) is 24.3 Å². The highest BCUT2D eigenvalue weighted by Gasteiger charge is 2.56. The normalized spacial score (nSPS) is 20.8. The molecule has 1 saturated heterocycles. The molecule has 170 valence electrons. The van der Waals surface area contributed by atoms with Crippen LogP contribution in [0, 0.1) is 17.8 Å². The number of piperidine rings is 1. The zero-order chi connectivity index (χ0) is 22.8. The number of nitrogens with zero attached hydrogens (tertiary/aromatic N) is 2. The number of aromatic nitrogens is 2. The number of phenolic OH excluding ortho intramolecular Hbond substituents is 1. The molecular formula is C25H27N5O3. The van der Waals surface area contributed by atoms with Gasteiger partial charge in [-0.05, 0) is 48.2 Å². The number of rotatable bonds is 8. The van der Waals surface area contributed by atoms with Crippen molar-refractivity contribution in [2.45, 2.75) is 13.0 Å². The summed E-state index contributed by atoms with van der Waals surface area (Å²) in [5, 5.41) is 24.4. The lowest BCUT2D eigenvalue weighted by atomic mass is 10.1. The average Bonchev–Trinajstić information content (AvgIpc) is 3.31. The van der Waals surface area contributed by atoms with Gasteiger partial charge in [-0.3, -0.25) is 4.79 Å². The molecule has 0 bridgehead atoms. The fourth-order valence-corrected chi connectivity index (χ4v) is 4.54. The van der Waals surface area contributed by atoms with Gasteiger partial charge in [0.25, 0.3) is 0 Å². The van der Waals surface area contributed by atoms with E-state index >= 15 is 0 Å². The minimum Gasteiger partial charge on any atom is -0.507 e. The first-order valence-corrected chi connectivity index (χ1v) is 11.2.